The molecule has 0 bridgehead atoms. The van der Waals surface area contributed by atoms with E-state index in [2.05, 4.69) is 27.5 Å². The Morgan fingerprint density at radius 3 is 2.97 bits per heavy atom. The average Bonchev–Trinajstić information content (AvgIpc) is 3.47. The van der Waals surface area contributed by atoms with E-state index in [1.807, 2.05) is 53.9 Å². The molecule has 5 rings (SSSR count). The molecule has 6 nitrogen and oxygen atoms in total. The number of fused-ring (bicyclic) bond motifs is 1. The van der Waals surface area contributed by atoms with Crippen LogP contribution in [-0.2, 0) is 11.4 Å². The van der Waals surface area contributed by atoms with Crippen LogP contribution in [0.15, 0.2) is 60.1 Å². The van der Waals surface area contributed by atoms with E-state index >= 15 is 0 Å². The van der Waals surface area contributed by atoms with Crippen LogP contribution in [0.1, 0.15) is 24.2 Å². The molecule has 1 aliphatic heterocycles. The van der Waals surface area contributed by atoms with E-state index < -0.39 is 0 Å². The zero-order chi connectivity index (χ0) is 22.6. The van der Waals surface area contributed by atoms with Crippen LogP contribution in [0.2, 0.25) is 5.02 Å². The largest absolute Gasteiger partial charge is 0.486 e. The molecule has 1 atom stereocenters. The van der Waals surface area contributed by atoms with Gasteiger partial charge in [0, 0.05) is 28.4 Å². The Morgan fingerprint density at radius 1 is 1.24 bits per heavy atom. The van der Waals surface area contributed by atoms with Gasteiger partial charge in [-0.05, 0) is 60.2 Å². The number of carbonyl (C=O) groups excluding carboxylic acids is 1. The minimum Gasteiger partial charge on any atom is -0.486 e. The molecule has 164 valence electrons. The molecule has 1 fully saturated rings. The lowest BCUT2D eigenvalue weighted by Crippen LogP contribution is -2.23. The number of aromatic nitrogens is 2. The lowest BCUT2D eigenvalue weighted by Gasteiger charge is -2.11. The average molecular weight is 475 g/mol. The van der Waals surface area contributed by atoms with Gasteiger partial charge < -0.3 is 15.4 Å². The monoisotopic (exact) mass is 474 g/mol. The second kappa shape index (κ2) is 9.49. The van der Waals surface area contributed by atoms with Crippen LogP contribution in [0, 0.1) is 11.8 Å². The van der Waals surface area contributed by atoms with Gasteiger partial charge in [-0.1, -0.05) is 23.6 Å². The summed E-state index contributed by atoms with van der Waals surface area (Å²) in [7, 11) is 0. The normalized spacial score (nSPS) is 15.1. The minimum atomic E-state index is -0.118. The van der Waals surface area contributed by atoms with Gasteiger partial charge in [0.25, 0.3) is 0 Å². The second-order valence-corrected chi connectivity index (χ2v) is 8.85. The topological polar surface area (TPSA) is 76.1 Å². The van der Waals surface area contributed by atoms with E-state index in [4.69, 9.17) is 21.3 Å². The molecule has 2 N–H and O–H groups in total. The van der Waals surface area contributed by atoms with Crippen molar-refractivity contribution < 1.29 is 9.53 Å². The Balaban J connectivity index is 1.35. The summed E-state index contributed by atoms with van der Waals surface area (Å²) in [4.78, 5) is 20.4. The molecule has 1 aliphatic rings. The number of hydrogen-bond acceptors (Lipinski definition) is 6. The Morgan fingerprint density at radius 2 is 2.18 bits per heavy atom. The van der Waals surface area contributed by atoms with Crippen molar-refractivity contribution in [3.63, 3.8) is 0 Å². The quantitative estimate of drug-likeness (QED) is 0.384. The third-order valence-electron chi connectivity index (χ3n) is 5.12. The number of ether oxygens (including phenoxy) is 1. The third kappa shape index (κ3) is 5.08. The van der Waals surface area contributed by atoms with Gasteiger partial charge in [-0.2, -0.15) is 0 Å². The maximum Gasteiger partial charge on any atom is 0.221 e. The van der Waals surface area contributed by atoms with Crippen molar-refractivity contribution in [1.29, 1.82) is 0 Å². The molecular weight excluding hydrogens is 456 g/mol. The van der Waals surface area contributed by atoms with E-state index in [1.54, 1.807) is 17.5 Å². The third-order valence-corrected chi connectivity index (χ3v) is 6.28. The van der Waals surface area contributed by atoms with Crippen molar-refractivity contribution in [2.75, 3.05) is 5.32 Å². The SMILES string of the molecule is O=C1CC[C@@H](C#Cc2cc3sccc3c(Nc3ccc(OCc4ccccn4)c(Cl)c3)n2)N1. The van der Waals surface area contributed by atoms with Gasteiger partial charge in [0.15, 0.2) is 0 Å². The van der Waals surface area contributed by atoms with E-state index in [-0.39, 0.29) is 11.9 Å². The van der Waals surface area contributed by atoms with Crippen molar-refractivity contribution >= 4 is 50.4 Å². The molecule has 8 heteroatoms. The number of benzene rings is 1. The van der Waals surface area contributed by atoms with Crippen molar-refractivity contribution in [2.24, 2.45) is 0 Å². The fraction of sp³-hybridized carbons (Fsp3) is 0.160. The number of rotatable bonds is 5. The maximum atomic E-state index is 11.4. The summed E-state index contributed by atoms with van der Waals surface area (Å²) in [6, 6.07) is 15.1. The molecule has 4 aromatic rings. The van der Waals surface area contributed by atoms with Gasteiger partial charge in [0.05, 0.1) is 16.8 Å². The first kappa shape index (κ1) is 21.3. The number of pyridine rings is 2. The number of thiophene rings is 1. The number of amides is 1. The fourth-order valence-corrected chi connectivity index (χ4v) is 4.53. The first-order valence-electron chi connectivity index (χ1n) is 10.4. The summed E-state index contributed by atoms with van der Waals surface area (Å²) in [5, 5.41) is 9.73. The molecule has 4 heterocycles. The number of nitrogens with one attached hydrogen (secondary N) is 2. The van der Waals surface area contributed by atoms with Gasteiger partial charge in [0.2, 0.25) is 5.91 Å². The first-order valence-corrected chi connectivity index (χ1v) is 11.7. The van der Waals surface area contributed by atoms with E-state index in [9.17, 15) is 4.79 Å². The number of anilines is 2. The van der Waals surface area contributed by atoms with Gasteiger partial charge in [0.1, 0.15) is 23.9 Å². The Bertz CT molecular complexity index is 1380. The van der Waals surface area contributed by atoms with Crippen molar-refractivity contribution in [2.45, 2.75) is 25.5 Å². The molecule has 1 aromatic carbocycles. The van der Waals surface area contributed by atoms with Crippen LogP contribution in [0.4, 0.5) is 11.5 Å². The van der Waals surface area contributed by atoms with Crippen molar-refractivity contribution in [3.8, 4) is 17.6 Å². The second-order valence-electron chi connectivity index (χ2n) is 7.50. The summed E-state index contributed by atoms with van der Waals surface area (Å²) in [5.74, 6) is 7.54. The standard InChI is InChI=1S/C25H19ClN4O2S/c26-21-13-17(6-8-22(21)32-15-19-3-1-2-11-27-19)29-25-20-10-12-33-23(20)14-18(30-25)5-4-16-7-9-24(31)28-16/h1-3,6,8,10-14,16H,7,9,15H2,(H,28,31)(H,29,30)/t16-/m1/s1. The Kier molecular flexibility index (Phi) is 6.11. The molecule has 33 heavy (non-hydrogen) atoms. The number of carbonyl (C=O) groups is 1. The number of halogens is 1. The lowest BCUT2D eigenvalue weighted by atomic mass is 10.2. The Hall–Kier alpha value is -3.60. The predicted octanol–water partition coefficient (Wildman–Crippen LogP) is 5.30. The van der Waals surface area contributed by atoms with E-state index in [0.717, 1.165) is 27.9 Å². The molecule has 0 spiro atoms. The van der Waals surface area contributed by atoms with E-state index in [1.165, 1.54) is 0 Å². The van der Waals surface area contributed by atoms with Gasteiger partial charge in [-0.15, -0.1) is 11.3 Å². The highest BCUT2D eigenvalue weighted by Crippen LogP contribution is 2.33. The first-order chi connectivity index (χ1) is 16.1. The zero-order valence-corrected chi connectivity index (χ0v) is 19.0. The highest BCUT2D eigenvalue weighted by atomic mass is 35.5. The van der Waals surface area contributed by atoms with Crippen molar-refractivity contribution in [1.82, 2.24) is 15.3 Å². The van der Waals surface area contributed by atoms with Crippen LogP contribution in [0.25, 0.3) is 10.1 Å². The molecule has 3 aromatic heterocycles. The molecule has 0 radical (unpaired) electrons. The predicted molar refractivity (Wildman–Crippen MR) is 131 cm³/mol. The van der Waals surface area contributed by atoms with Gasteiger partial charge in [-0.25, -0.2) is 4.98 Å². The molecule has 0 saturated carbocycles. The number of nitrogens with zero attached hydrogens (tertiary/aromatic N) is 2. The molecule has 0 unspecified atom stereocenters. The van der Waals surface area contributed by atoms with Crippen LogP contribution >= 0.6 is 22.9 Å². The number of hydrogen-bond donors (Lipinski definition) is 2. The minimum absolute atomic E-state index is 0.0441. The zero-order valence-electron chi connectivity index (χ0n) is 17.5. The maximum absolute atomic E-state index is 11.4. The van der Waals surface area contributed by atoms with Gasteiger partial charge >= 0.3 is 0 Å². The fourth-order valence-electron chi connectivity index (χ4n) is 3.48. The molecular formula is C25H19ClN4O2S. The smallest absolute Gasteiger partial charge is 0.221 e. The lowest BCUT2D eigenvalue weighted by molar-refractivity contribution is -0.119. The van der Waals surface area contributed by atoms with Crippen LogP contribution in [0.5, 0.6) is 5.75 Å². The molecule has 1 amide bonds. The summed E-state index contributed by atoms with van der Waals surface area (Å²) in [6.07, 6.45) is 2.98. The van der Waals surface area contributed by atoms with Crippen LogP contribution < -0.4 is 15.4 Å². The summed E-state index contributed by atoms with van der Waals surface area (Å²) >= 11 is 8.09. The Labute approximate surface area is 200 Å². The van der Waals surface area contributed by atoms with Crippen molar-refractivity contribution in [3.05, 3.63) is 76.5 Å². The summed E-state index contributed by atoms with van der Waals surface area (Å²) in [5.41, 5.74) is 2.27. The van der Waals surface area contributed by atoms with Crippen LogP contribution in [-0.4, -0.2) is 21.9 Å². The highest BCUT2D eigenvalue weighted by molar-refractivity contribution is 7.17. The van der Waals surface area contributed by atoms with Gasteiger partial charge in [-0.3, -0.25) is 9.78 Å². The molecule has 1 saturated heterocycles. The summed E-state index contributed by atoms with van der Waals surface area (Å²) in [6.45, 7) is 0.340. The molecule has 0 aliphatic carbocycles. The summed E-state index contributed by atoms with van der Waals surface area (Å²) < 4.78 is 6.89. The van der Waals surface area contributed by atoms with E-state index in [0.29, 0.717) is 35.3 Å². The highest BCUT2D eigenvalue weighted by Gasteiger charge is 2.18. The van der Waals surface area contributed by atoms with Crippen LogP contribution in [0.3, 0.4) is 0 Å².